The Morgan fingerprint density at radius 3 is 2.90 bits per heavy atom. The summed E-state index contributed by atoms with van der Waals surface area (Å²) >= 11 is 0. The summed E-state index contributed by atoms with van der Waals surface area (Å²) in [6.07, 6.45) is 0.497. The highest BCUT2D eigenvalue weighted by Crippen LogP contribution is 2.34. The zero-order valence-corrected chi connectivity index (χ0v) is 11.9. The molecule has 106 valence electrons. The highest BCUT2D eigenvalue weighted by Gasteiger charge is 2.29. The van der Waals surface area contributed by atoms with Gasteiger partial charge in [0.1, 0.15) is 6.04 Å². The molecule has 1 amide bonds. The number of hydrogen-bond acceptors (Lipinski definition) is 4. The third-order valence-electron chi connectivity index (χ3n) is 3.52. The number of likely N-dealkylation sites (N-methyl/N-ethyl adjacent to an activating group) is 1. The summed E-state index contributed by atoms with van der Waals surface area (Å²) in [6.45, 7) is 6.34. The first-order valence-electron chi connectivity index (χ1n) is 7.01. The molecule has 1 aliphatic rings. The fourth-order valence-electron chi connectivity index (χ4n) is 2.51. The molecule has 20 heavy (non-hydrogen) atoms. The molecule has 1 atom stereocenters. The van der Waals surface area contributed by atoms with Gasteiger partial charge >= 0.3 is 0 Å². The summed E-state index contributed by atoms with van der Waals surface area (Å²) in [5.41, 5.74) is 2.91. The second kappa shape index (κ2) is 6.40. The molecule has 5 nitrogen and oxygen atoms in total. The molecule has 1 heterocycles. The van der Waals surface area contributed by atoms with E-state index in [1.807, 2.05) is 25.1 Å². The molecule has 1 aromatic carbocycles. The van der Waals surface area contributed by atoms with Gasteiger partial charge in [-0.05, 0) is 25.6 Å². The number of rotatable bonds is 6. The zero-order valence-electron chi connectivity index (χ0n) is 11.9. The van der Waals surface area contributed by atoms with E-state index in [4.69, 9.17) is 5.26 Å². The van der Waals surface area contributed by atoms with Crippen LogP contribution < -0.4 is 15.5 Å². The number of hydrogen-bond donors (Lipinski definition) is 2. The number of carbonyl (C=O) groups is 1. The van der Waals surface area contributed by atoms with Crippen LogP contribution in [-0.2, 0) is 4.79 Å². The van der Waals surface area contributed by atoms with Crippen molar-refractivity contribution in [3.8, 4) is 6.07 Å². The molecular weight excluding hydrogens is 252 g/mol. The lowest BCUT2D eigenvalue weighted by Crippen LogP contribution is -2.27. The third-order valence-corrected chi connectivity index (χ3v) is 3.52. The van der Waals surface area contributed by atoms with Crippen LogP contribution in [0, 0.1) is 11.3 Å². The van der Waals surface area contributed by atoms with Crippen molar-refractivity contribution < 1.29 is 4.79 Å². The predicted octanol–water partition coefficient (Wildman–Crippen LogP) is 2.03. The molecule has 0 radical (unpaired) electrons. The molecule has 1 aliphatic heterocycles. The lowest BCUT2D eigenvalue weighted by atomic mass is 10.1. The van der Waals surface area contributed by atoms with E-state index in [-0.39, 0.29) is 11.9 Å². The number of nitrogens with one attached hydrogen (secondary N) is 2. The van der Waals surface area contributed by atoms with Gasteiger partial charge in [-0.2, -0.15) is 5.26 Å². The maximum Gasteiger partial charge on any atom is 0.246 e. The topological polar surface area (TPSA) is 68.2 Å². The van der Waals surface area contributed by atoms with E-state index < -0.39 is 0 Å². The van der Waals surface area contributed by atoms with Gasteiger partial charge in [-0.25, -0.2) is 0 Å². The highest BCUT2D eigenvalue weighted by atomic mass is 16.2. The third kappa shape index (κ3) is 2.75. The Morgan fingerprint density at radius 2 is 2.25 bits per heavy atom. The molecule has 1 aromatic rings. The van der Waals surface area contributed by atoms with E-state index in [0.29, 0.717) is 13.0 Å². The molecule has 0 saturated heterocycles. The monoisotopic (exact) mass is 272 g/mol. The first-order valence-corrected chi connectivity index (χ1v) is 7.01. The van der Waals surface area contributed by atoms with Crippen LogP contribution in [0.1, 0.15) is 31.9 Å². The number of benzene rings is 1. The molecule has 0 spiro atoms. The van der Waals surface area contributed by atoms with E-state index in [0.717, 1.165) is 30.0 Å². The van der Waals surface area contributed by atoms with Gasteiger partial charge in [0.05, 0.1) is 12.5 Å². The average Bonchev–Trinajstić information content (AvgIpc) is 2.76. The minimum atomic E-state index is -0.252. The summed E-state index contributed by atoms with van der Waals surface area (Å²) in [5, 5.41) is 14.8. The Morgan fingerprint density at radius 1 is 1.45 bits per heavy atom. The van der Waals surface area contributed by atoms with Gasteiger partial charge < -0.3 is 15.5 Å². The van der Waals surface area contributed by atoms with Crippen LogP contribution in [0.25, 0.3) is 0 Å². The summed E-state index contributed by atoms with van der Waals surface area (Å²) in [4.78, 5) is 14.0. The summed E-state index contributed by atoms with van der Waals surface area (Å²) in [5.74, 6) is -0.000858. The van der Waals surface area contributed by atoms with Crippen molar-refractivity contribution in [2.45, 2.75) is 26.3 Å². The Hall–Kier alpha value is -2.06. The van der Waals surface area contributed by atoms with Crippen LogP contribution in [0.5, 0.6) is 0 Å². The number of carbonyl (C=O) groups excluding carboxylic acids is 1. The molecule has 0 saturated carbocycles. The van der Waals surface area contributed by atoms with Gasteiger partial charge in [0.25, 0.3) is 0 Å². The van der Waals surface area contributed by atoms with Crippen molar-refractivity contribution in [3.05, 3.63) is 23.8 Å². The fraction of sp³-hybridized carbons (Fsp3) is 0.467. The molecule has 0 fully saturated rings. The molecular formula is C15H20N4O. The number of amides is 1. The quantitative estimate of drug-likeness (QED) is 0.831. The minimum absolute atomic E-state index is 0.000858. The van der Waals surface area contributed by atoms with Gasteiger partial charge in [0.2, 0.25) is 5.91 Å². The van der Waals surface area contributed by atoms with Gasteiger partial charge in [-0.15, -0.1) is 0 Å². The number of nitriles is 1. The van der Waals surface area contributed by atoms with Crippen LogP contribution in [0.2, 0.25) is 0 Å². The van der Waals surface area contributed by atoms with Gasteiger partial charge in [0, 0.05) is 30.0 Å². The van der Waals surface area contributed by atoms with Crippen molar-refractivity contribution in [1.82, 2.24) is 5.32 Å². The normalized spacial score (nSPS) is 16.4. The lowest BCUT2D eigenvalue weighted by Gasteiger charge is -2.22. The molecule has 2 N–H and O–H groups in total. The van der Waals surface area contributed by atoms with Crippen LogP contribution in [0.4, 0.5) is 11.4 Å². The second-order valence-corrected chi connectivity index (χ2v) is 4.74. The average molecular weight is 272 g/mol. The van der Waals surface area contributed by atoms with Gasteiger partial charge in [-0.3, -0.25) is 4.79 Å². The second-order valence-electron chi connectivity index (χ2n) is 4.74. The molecule has 1 unspecified atom stereocenters. The number of fused-ring (bicyclic) bond motifs is 1. The maximum atomic E-state index is 11.9. The SMILES string of the molecule is CCNC1C(=O)Nc2cc(N(CC)CCC#N)ccc21. The van der Waals surface area contributed by atoms with Crippen molar-refractivity contribution in [3.63, 3.8) is 0 Å². The molecule has 0 aliphatic carbocycles. The van der Waals surface area contributed by atoms with Crippen LogP contribution in [-0.4, -0.2) is 25.5 Å². The van der Waals surface area contributed by atoms with E-state index in [1.54, 1.807) is 0 Å². The minimum Gasteiger partial charge on any atom is -0.371 e. The Bertz CT molecular complexity index is 535. The lowest BCUT2D eigenvalue weighted by molar-refractivity contribution is -0.117. The van der Waals surface area contributed by atoms with E-state index >= 15 is 0 Å². The first kappa shape index (κ1) is 14.4. The summed E-state index contributed by atoms with van der Waals surface area (Å²) in [7, 11) is 0. The molecule has 0 bridgehead atoms. The van der Waals surface area contributed by atoms with E-state index in [1.165, 1.54) is 0 Å². The molecule has 2 rings (SSSR count). The zero-order chi connectivity index (χ0) is 14.5. The van der Waals surface area contributed by atoms with Crippen molar-refractivity contribution in [1.29, 1.82) is 5.26 Å². The Balaban J connectivity index is 2.23. The van der Waals surface area contributed by atoms with Crippen molar-refractivity contribution >= 4 is 17.3 Å². The van der Waals surface area contributed by atoms with E-state index in [2.05, 4.69) is 28.5 Å². The van der Waals surface area contributed by atoms with Crippen LogP contribution in [0.3, 0.4) is 0 Å². The first-order chi connectivity index (χ1) is 9.71. The van der Waals surface area contributed by atoms with Gasteiger partial charge in [-0.1, -0.05) is 13.0 Å². The maximum absolute atomic E-state index is 11.9. The summed E-state index contributed by atoms with van der Waals surface area (Å²) in [6, 6.07) is 7.91. The van der Waals surface area contributed by atoms with Crippen LogP contribution in [0.15, 0.2) is 18.2 Å². The smallest absolute Gasteiger partial charge is 0.246 e. The molecule has 5 heteroatoms. The van der Waals surface area contributed by atoms with Crippen molar-refractivity contribution in [2.24, 2.45) is 0 Å². The predicted molar refractivity (Wildman–Crippen MR) is 79.6 cm³/mol. The fourth-order valence-corrected chi connectivity index (χ4v) is 2.51. The van der Waals surface area contributed by atoms with E-state index in [9.17, 15) is 4.79 Å². The number of anilines is 2. The van der Waals surface area contributed by atoms with Crippen LogP contribution >= 0.6 is 0 Å². The Labute approximate surface area is 119 Å². The molecule has 0 aromatic heterocycles. The largest absolute Gasteiger partial charge is 0.371 e. The highest BCUT2D eigenvalue weighted by molar-refractivity contribution is 6.03. The van der Waals surface area contributed by atoms with Crippen molar-refractivity contribution in [2.75, 3.05) is 29.9 Å². The standard InChI is InChI=1S/C15H20N4O/c1-3-17-14-12-7-6-11(10-13(12)18-15(14)20)19(4-2)9-5-8-16/h6-7,10,14,17H,3-5,9H2,1-2H3,(H,18,20). The number of nitrogens with zero attached hydrogens (tertiary/aromatic N) is 2. The Kier molecular flexibility index (Phi) is 4.59. The van der Waals surface area contributed by atoms with Gasteiger partial charge in [0.15, 0.2) is 0 Å². The summed E-state index contributed by atoms with van der Waals surface area (Å²) < 4.78 is 0.